The average Bonchev–Trinajstić information content (AvgIpc) is 2.41. The number of rotatable bonds is 4. The first kappa shape index (κ1) is 16.7. The van der Waals surface area contributed by atoms with Gasteiger partial charge in [-0.3, -0.25) is 0 Å². The minimum absolute atomic E-state index is 0.0463. The summed E-state index contributed by atoms with van der Waals surface area (Å²) in [7, 11) is -3.59. The Hall–Kier alpha value is -0.620. The van der Waals surface area contributed by atoms with E-state index in [2.05, 4.69) is 10.0 Å². The Bertz CT molecular complexity index is 602. The van der Waals surface area contributed by atoms with Gasteiger partial charge in [0.05, 0.1) is 5.02 Å². The van der Waals surface area contributed by atoms with Crippen molar-refractivity contribution in [2.24, 2.45) is 5.92 Å². The van der Waals surface area contributed by atoms with Gasteiger partial charge in [0, 0.05) is 6.04 Å². The molecule has 1 saturated heterocycles. The molecule has 1 aromatic rings. The normalized spacial score (nSPS) is 23.5. The minimum Gasteiger partial charge on any atom is -0.316 e. The number of nitrogens with one attached hydrogen (secondary N) is 2. The van der Waals surface area contributed by atoms with Crippen LogP contribution in [0.25, 0.3) is 0 Å². The molecule has 1 fully saturated rings. The van der Waals surface area contributed by atoms with E-state index in [-0.39, 0.29) is 27.8 Å². The van der Waals surface area contributed by atoms with E-state index in [0.29, 0.717) is 0 Å². The third kappa shape index (κ3) is 3.97. The SMILES string of the molecule is CC(C)c1ccc(Cl)c(S(=O)(=O)NC2CCNCC2C)c1. The third-order valence-corrected chi connectivity index (χ3v) is 5.97. The number of hydrogen-bond acceptors (Lipinski definition) is 3. The lowest BCUT2D eigenvalue weighted by Gasteiger charge is -2.30. The van der Waals surface area contributed by atoms with Gasteiger partial charge in [-0.15, -0.1) is 0 Å². The van der Waals surface area contributed by atoms with Crippen molar-refractivity contribution in [3.05, 3.63) is 28.8 Å². The lowest BCUT2D eigenvalue weighted by Crippen LogP contribution is -2.48. The van der Waals surface area contributed by atoms with E-state index in [4.69, 9.17) is 11.6 Å². The summed E-state index contributed by atoms with van der Waals surface area (Å²) in [6.45, 7) is 7.76. The van der Waals surface area contributed by atoms with Crippen LogP contribution < -0.4 is 10.0 Å². The molecular formula is C15H23ClN2O2S. The van der Waals surface area contributed by atoms with E-state index >= 15 is 0 Å². The summed E-state index contributed by atoms with van der Waals surface area (Å²) in [5.74, 6) is 0.523. The molecule has 1 heterocycles. The van der Waals surface area contributed by atoms with Gasteiger partial charge in [0.2, 0.25) is 10.0 Å². The Balaban J connectivity index is 2.28. The van der Waals surface area contributed by atoms with Gasteiger partial charge in [-0.1, -0.05) is 38.4 Å². The van der Waals surface area contributed by atoms with Gasteiger partial charge in [0.25, 0.3) is 0 Å². The second-order valence-corrected chi connectivity index (χ2v) is 8.13. The fourth-order valence-corrected chi connectivity index (χ4v) is 4.45. The lowest BCUT2D eigenvalue weighted by molar-refractivity contribution is 0.328. The van der Waals surface area contributed by atoms with Crippen LogP contribution in [0, 0.1) is 5.92 Å². The summed E-state index contributed by atoms with van der Waals surface area (Å²) in [6, 6.07) is 5.17. The first-order valence-corrected chi connectivity index (χ1v) is 9.20. The van der Waals surface area contributed by atoms with Gasteiger partial charge in [0.1, 0.15) is 4.90 Å². The standard InChI is InChI=1S/C15H23ClN2O2S/c1-10(2)12-4-5-13(16)15(8-12)21(19,20)18-14-6-7-17-9-11(14)3/h4-5,8,10-11,14,17-18H,6-7,9H2,1-3H3. The molecular weight excluding hydrogens is 308 g/mol. The Morgan fingerprint density at radius 3 is 2.71 bits per heavy atom. The van der Waals surface area contributed by atoms with Gasteiger partial charge >= 0.3 is 0 Å². The maximum Gasteiger partial charge on any atom is 0.242 e. The molecule has 118 valence electrons. The Labute approximate surface area is 132 Å². The van der Waals surface area contributed by atoms with Crippen molar-refractivity contribution in [3.8, 4) is 0 Å². The van der Waals surface area contributed by atoms with Gasteiger partial charge in [-0.05, 0) is 49.0 Å². The summed E-state index contributed by atoms with van der Waals surface area (Å²) in [4.78, 5) is 0.182. The number of piperidine rings is 1. The molecule has 2 rings (SSSR count). The van der Waals surface area contributed by atoms with Crippen LogP contribution in [-0.4, -0.2) is 27.5 Å². The Kier molecular flexibility index (Phi) is 5.30. The molecule has 4 nitrogen and oxygen atoms in total. The first-order valence-electron chi connectivity index (χ1n) is 7.33. The summed E-state index contributed by atoms with van der Waals surface area (Å²) >= 11 is 6.11. The highest BCUT2D eigenvalue weighted by molar-refractivity contribution is 7.89. The van der Waals surface area contributed by atoms with Crippen molar-refractivity contribution in [1.82, 2.24) is 10.0 Å². The van der Waals surface area contributed by atoms with Crippen LogP contribution in [0.2, 0.25) is 5.02 Å². The summed E-state index contributed by atoms with van der Waals surface area (Å²) in [5, 5.41) is 3.54. The smallest absolute Gasteiger partial charge is 0.242 e. The molecule has 2 N–H and O–H groups in total. The van der Waals surface area contributed by atoms with Gasteiger partial charge in [-0.2, -0.15) is 0 Å². The molecule has 21 heavy (non-hydrogen) atoms. The van der Waals surface area contributed by atoms with Gasteiger partial charge < -0.3 is 5.32 Å². The summed E-state index contributed by atoms with van der Waals surface area (Å²) in [5.41, 5.74) is 0.970. The van der Waals surface area contributed by atoms with E-state index in [9.17, 15) is 8.42 Å². The van der Waals surface area contributed by atoms with Crippen molar-refractivity contribution in [1.29, 1.82) is 0 Å². The molecule has 0 spiro atoms. The Morgan fingerprint density at radius 2 is 2.10 bits per heavy atom. The van der Waals surface area contributed by atoms with Gasteiger partial charge in [-0.25, -0.2) is 13.1 Å². The molecule has 0 radical (unpaired) electrons. The number of sulfonamides is 1. The van der Waals surface area contributed by atoms with Crippen molar-refractivity contribution in [3.63, 3.8) is 0 Å². The minimum atomic E-state index is -3.59. The molecule has 1 aliphatic heterocycles. The molecule has 0 saturated carbocycles. The van der Waals surface area contributed by atoms with Crippen molar-refractivity contribution < 1.29 is 8.42 Å². The second kappa shape index (κ2) is 6.65. The number of hydrogen-bond donors (Lipinski definition) is 2. The second-order valence-electron chi connectivity index (χ2n) is 6.04. The topological polar surface area (TPSA) is 58.2 Å². The van der Waals surface area contributed by atoms with E-state index in [1.807, 2.05) is 26.8 Å². The van der Waals surface area contributed by atoms with Crippen LogP contribution >= 0.6 is 11.6 Å². The number of benzene rings is 1. The highest BCUT2D eigenvalue weighted by Crippen LogP contribution is 2.27. The quantitative estimate of drug-likeness (QED) is 0.892. The lowest BCUT2D eigenvalue weighted by atomic mass is 9.97. The fourth-order valence-electron chi connectivity index (χ4n) is 2.54. The van der Waals surface area contributed by atoms with Gasteiger partial charge in [0.15, 0.2) is 0 Å². The molecule has 2 atom stereocenters. The predicted octanol–water partition coefficient (Wildman–Crippen LogP) is 2.74. The molecule has 6 heteroatoms. The zero-order valence-electron chi connectivity index (χ0n) is 12.7. The average molecular weight is 331 g/mol. The first-order chi connectivity index (χ1) is 9.81. The summed E-state index contributed by atoms with van der Waals surface area (Å²) < 4.78 is 28.1. The van der Waals surface area contributed by atoms with Crippen LogP contribution in [0.3, 0.4) is 0 Å². The maximum atomic E-state index is 12.6. The molecule has 0 amide bonds. The Morgan fingerprint density at radius 1 is 1.38 bits per heavy atom. The van der Waals surface area contributed by atoms with Crippen LogP contribution in [-0.2, 0) is 10.0 Å². The van der Waals surface area contributed by atoms with E-state index in [1.165, 1.54) is 0 Å². The molecule has 1 aliphatic rings. The largest absolute Gasteiger partial charge is 0.316 e. The highest BCUT2D eigenvalue weighted by atomic mass is 35.5. The van der Waals surface area contributed by atoms with E-state index in [1.54, 1.807) is 12.1 Å². The van der Waals surface area contributed by atoms with Crippen LogP contribution in [0.4, 0.5) is 0 Å². The van der Waals surface area contributed by atoms with Crippen LogP contribution in [0.1, 0.15) is 38.7 Å². The van der Waals surface area contributed by atoms with Crippen molar-refractivity contribution in [2.45, 2.75) is 44.0 Å². The predicted molar refractivity (Wildman–Crippen MR) is 86.3 cm³/mol. The molecule has 0 aromatic heterocycles. The molecule has 2 unspecified atom stereocenters. The molecule has 1 aromatic carbocycles. The van der Waals surface area contributed by atoms with Crippen LogP contribution in [0.15, 0.2) is 23.1 Å². The van der Waals surface area contributed by atoms with Crippen LogP contribution in [0.5, 0.6) is 0 Å². The fraction of sp³-hybridized carbons (Fsp3) is 0.600. The van der Waals surface area contributed by atoms with E-state index < -0.39 is 10.0 Å². The number of halogens is 1. The molecule has 0 bridgehead atoms. The maximum absolute atomic E-state index is 12.6. The van der Waals surface area contributed by atoms with Crippen molar-refractivity contribution >= 4 is 21.6 Å². The molecule has 0 aliphatic carbocycles. The highest BCUT2D eigenvalue weighted by Gasteiger charge is 2.28. The zero-order chi connectivity index (χ0) is 15.6. The third-order valence-electron chi connectivity index (χ3n) is 4.00. The zero-order valence-corrected chi connectivity index (χ0v) is 14.3. The monoisotopic (exact) mass is 330 g/mol. The summed E-state index contributed by atoms with van der Waals surface area (Å²) in [6.07, 6.45) is 0.794. The van der Waals surface area contributed by atoms with Crippen molar-refractivity contribution in [2.75, 3.05) is 13.1 Å². The van der Waals surface area contributed by atoms with E-state index in [0.717, 1.165) is 25.1 Å².